The van der Waals surface area contributed by atoms with Crippen LogP contribution in [0.2, 0.25) is 5.02 Å². The van der Waals surface area contributed by atoms with Crippen molar-refractivity contribution in [1.82, 2.24) is 0 Å². The number of nitrogens with one attached hydrogen (secondary N) is 1. The summed E-state index contributed by atoms with van der Waals surface area (Å²) >= 11 is 5.86. The quantitative estimate of drug-likeness (QED) is 0.867. The number of rotatable bonds is 5. The maximum Gasteiger partial charge on any atom is 0.262 e. The van der Waals surface area contributed by atoms with Gasteiger partial charge < -0.3 is 4.74 Å². The molecule has 2 aromatic carbocycles. The molecular formula is C14H14ClNO5S2. The summed E-state index contributed by atoms with van der Waals surface area (Å²) in [6.07, 6.45) is 1.05. The fourth-order valence-corrected chi connectivity index (χ4v) is 3.69. The molecule has 0 saturated heterocycles. The van der Waals surface area contributed by atoms with Crippen molar-refractivity contribution in [2.45, 2.75) is 9.79 Å². The lowest BCUT2D eigenvalue weighted by Crippen LogP contribution is -2.14. The Morgan fingerprint density at radius 2 is 1.52 bits per heavy atom. The number of sulfone groups is 1. The molecule has 0 bridgehead atoms. The second kappa shape index (κ2) is 6.38. The van der Waals surface area contributed by atoms with Crippen LogP contribution in [0.15, 0.2) is 52.3 Å². The Balaban J connectivity index is 2.38. The second-order valence-corrected chi connectivity index (χ2v) is 8.83. The zero-order valence-electron chi connectivity index (χ0n) is 12.3. The fraction of sp³-hybridized carbons (Fsp3) is 0.143. The van der Waals surface area contributed by atoms with Gasteiger partial charge in [0.05, 0.1) is 22.6 Å². The second-order valence-electron chi connectivity index (χ2n) is 4.69. The number of methoxy groups -OCH3 is 1. The Kier molecular flexibility index (Phi) is 4.88. The fourth-order valence-electron chi connectivity index (χ4n) is 1.83. The lowest BCUT2D eigenvalue weighted by molar-refractivity contribution is 0.417. The number of anilines is 1. The lowest BCUT2D eigenvalue weighted by atomic mass is 10.3. The lowest BCUT2D eigenvalue weighted by Gasteiger charge is -2.12. The van der Waals surface area contributed by atoms with Crippen LogP contribution in [0.25, 0.3) is 0 Å². The summed E-state index contributed by atoms with van der Waals surface area (Å²) in [5.41, 5.74) is 0.187. The van der Waals surface area contributed by atoms with Gasteiger partial charge in [-0.2, -0.15) is 0 Å². The third kappa shape index (κ3) is 4.15. The van der Waals surface area contributed by atoms with E-state index in [4.69, 9.17) is 16.3 Å². The highest BCUT2D eigenvalue weighted by Gasteiger charge is 2.18. The summed E-state index contributed by atoms with van der Waals surface area (Å²) in [5, 5.41) is 0.343. The predicted molar refractivity (Wildman–Crippen MR) is 88.4 cm³/mol. The Hall–Kier alpha value is -1.77. The molecule has 2 rings (SSSR count). The van der Waals surface area contributed by atoms with Crippen molar-refractivity contribution < 1.29 is 21.6 Å². The van der Waals surface area contributed by atoms with Gasteiger partial charge in [-0.1, -0.05) is 11.6 Å². The van der Waals surface area contributed by atoms with E-state index >= 15 is 0 Å². The van der Waals surface area contributed by atoms with Gasteiger partial charge in [-0.05, 0) is 42.5 Å². The van der Waals surface area contributed by atoms with Gasteiger partial charge >= 0.3 is 0 Å². The first-order chi connectivity index (χ1) is 10.6. The molecule has 0 aromatic heterocycles. The van der Waals surface area contributed by atoms with Gasteiger partial charge in [0, 0.05) is 11.3 Å². The molecule has 9 heteroatoms. The number of hydrogen-bond acceptors (Lipinski definition) is 5. The van der Waals surface area contributed by atoms with Gasteiger partial charge in [-0.15, -0.1) is 0 Å². The standard InChI is InChI=1S/C14H14ClNO5S2/c1-21-14-8-3-10(15)9-13(14)16-23(19,20)12-6-4-11(5-7-12)22(2,17)18/h3-9,16H,1-2H3. The molecule has 0 heterocycles. The number of halogens is 1. The van der Waals surface area contributed by atoms with Crippen LogP contribution < -0.4 is 9.46 Å². The zero-order valence-corrected chi connectivity index (χ0v) is 14.7. The molecule has 0 aliphatic carbocycles. The van der Waals surface area contributed by atoms with Crippen molar-refractivity contribution in [3.63, 3.8) is 0 Å². The molecule has 23 heavy (non-hydrogen) atoms. The first-order valence-corrected chi connectivity index (χ1v) is 10.1. The molecule has 1 N–H and O–H groups in total. The van der Waals surface area contributed by atoms with E-state index in [1.54, 1.807) is 6.07 Å². The van der Waals surface area contributed by atoms with E-state index in [0.29, 0.717) is 10.8 Å². The summed E-state index contributed by atoms with van der Waals surface area (Å²) in [6.45, 7) is 0. The van der Waals surface area contributed by atoms with Crippen molar-refractivity contribution in [1.29, 1.82) is 0 Å². The van der Waals surface area contributed by atoms with Gasteiger partial charge in [0.15, 0.2) is 9.84 Å². The molecule has 0 saturated carbocycles. The molecule has 6 nitrogen and oxygen atoms in total. The summed E-state index contributed by atoms with van der Waals surface area (Å²) in [6, 6.07) is 9.43. The van der Waals surface area contributed by atoms with Crippen molar-refractivity contribution in [3.8, 4) is 5.75 Å². The van der Waals surface area contributed by atoms with Crippen LogP contribution >= 0.6 is 11.6 Å². The Morgan fingerprint density at radius 3 is 2.04 bits per heavy atom. The molecule has 0 radical (unpaired) electrons. The summed E-state index contributed by atoms with van der Waals surface area (Å²) in [5.74, 6) is 0.311. The summed E-state index contributed by atoms with van der Waals surface area (Å²) < 4.78 is 55.0. The minimum absolute atomic E-state index is 0.0387. The van der Waals surface area contributed by atoms with Gasteiger partial charge in [-0.3, -0.25) is 4.72 Å². The van der Waals surface area contributed by atoms with Crippen LogP contribution in [0.3, 0.4) is 0 Å². The van der Waals surface area contributed by atoms with E-state index in [-0.39, 0.29) is 15.5 Å². The maximum atomic E-state index is 12.4. The van der Waals surface area contributed by atoms with E-state index in [2.05, 4.69) is 4.72 Å². The normalized spacial score (nSPS) is 12.0. The highest BCUT2D eigenvalue weighted by molar-refractivity contribution is 7.92. The van der Waals surface area contributed by atoms with Crippen LogP contribution in [-0.4, -0.2) is 30.2 Å². The number of sulfonamides is 1. The SMILES string of the molecule is COc1ccc(Cl)cc1NS(=O)(=O)c1ccc(S(C)(=O)=O)cc1. The molecule has 2 aromatic rings. The van der Waals surface area contributed by atoms with Crippen LogP contribution in [0, 0.1) is 0 Å². The average Bonchev–Trinajstić information content (AvgIpc) is 2.46. The van der Waals surface area contributed by atoms with Crippen LogP contribution in [0.1, 0.15) is 0 Å². The van der Waals surface area contributed by atoms with E-state index in [1.165, 1.54) is 43.5 Å². The Bertz CT molecular complexity index is 922. The third-order valence-electron chi connectivity index (χ3n) is 2.97. The molecule has 0 atom stereocenters. The third-order valence-corrected chi connectivity index (χ3v) is 5.71. The molecule has 124 valence electrons. The van der Waals surface area contributed by atoms with Gasteiger partial charge in [0.25, 0.3) is 10.0 Å². The average molecular weight is 376 g/mol. The highest BCUT2D eigenvalue weighted by atomic mass is 35.5. The molecule has 0 amide bonds. The number of hydrogen-bond donors (Lipinski definition) is 1. The van der Waals surface area contributed by atoms with Gasteiger partial charge in [0.2, 0.25) is 0 Å². The van der Waals surface area contributed by atoms with Crippen molar-refractivity contribution in [3.05, 3.63) is 47.5 Å². The summed E-state index contributed by atoms with van der Waals surface area (Å²) in [7, 11) is -5.90. The first-order valence-electron chi connectivity index (χ1n) is 6.30. The van der Waals surface area contributed by atoms with Crippen LogP contribution in [0.5, 0.6) is 5.75 Å². The van der Waals surface area contributed by atoms with Crippen molar-refractivity contribution in [2.75, 3.05) is 18.1 Å². The smallest absolute Gasteiger partial charge is 0.262 e. The van der Waals surface area contributed by atoms with E-state index in [9.17, 15) is 16.8 Å². The van der Waals surface area contributed by atoms with Crippen molar-refractivity contribution >= 4 is 37.1 Å². The molecule has 0 aliphatic heterocycles. The minimum Gasteiger partial charge on any atom is -0.495 e. The summed E-state index contributed by atoms with van der Waals surface area (Å²) in [4.78, 5) is -0.0382. The largest absolute Gasteiger partial charge is 0.495 e. The maximum absolute atomic E-state index is 12.4. The Labute approximate surface area is 140 Å². The highest BCUT2D eigenvalue weighted by Crippen LogP contribution is 2.29. The van der Waals surface area contributed by atoms with E-state index < -0.39 is 19.9 Å². The van der Waals surface area contributed by atoms with Gasteiger partial charge in [0.1, 0.15) is 5.75 Å². The molecular weight excluding hydrogens is 362 g/mol. The monoisotopic (exact) mass is 375 g/mol. The zero-order chi connectivity index (χ0) is 17.3. The van der Waals surface area contributed by atoms with Crippen molar-refractivity contribution in [2.24, 2.45) is 0 Å². The van der Waals surface area contributed by atoms with E-state index in [1.807, 2.05) is 0 Å². The van der Waals surface area contributed by atoms with Crippen LogP contribution in [-0.2, 0) is 19.9 Å². The topological polar surface area (TPSA) is 89.5 Å². The minimum atomic E-state index is -3.91. The number of benzene rings is 2. The molecule has 0 aliphatic rings. The molecule has 0 spiro atoms. The van der Waals surface area contributed by atoms with Crippen LogP contribution in [0.4, 0.5) is 5.69 Å². The number of ether oxygens (including phenoxy) is 1. The molecule has 0 fully saturated rings. The Morgan fingerprint density at radius 1 is 0.957 bits per heavy atom. The van der Waals surface area contributed by atoms with E-state index in [0.717, 1.165) is 6.26 Å². The first kappa shape index (κ1) is 17.6. The predicted octanol–water partition coefficient (Wildman–Crippen LogP) is 2.55. The van der Waals surface area contributed by atoms with Gasteiger partial charge in [-0.25, -0.2) is 16.8 Å². The molecule has 0 unspecified atom stereocenters.